The molecule has 5 nitrogen and oxygen atoms in total. The molecule has 1 saturated heterocycles. The lowest BCUT2D eigenvalue weighted by molar-refractivity contribution is -0.122. The third-order valence-corrected chi connectivity index (χ3v) is 4.63. The van der Waals surface area contributed by atoms with Crippen LogP contribution >= 0.6 is 24.0 Å². The summed E-state index contributed by atoms with van der Waals surface area (Å²) in [6.45, 7) is 6.49. The molecule has 0 unspecified atom stereocenters. The number of nitrogens with one attached hydrogen (secondary N) is 2. The number of nitrogens with zero attached hydrogens (tertiary/aromatic N) is 2. The van der Waals surface area contributed by atoms with E-state index in [-0.39, 0.29) is 29.9 Å². The van der Waals surface area contributed by atoms with Crippen LogP contribution in [0.3, 0.4) is 0 Å². The summed E-state index contributed by atoms with van der Waals surface area (Å²) in [7, 11) is 0. The van der Waals surface area contributed by atoms with Crippen molar-refractivity contribution in [3.63, 3.8) is 0 Å². The second-order valence-electron chi connectivity index (χ2n) is 6.49. The third-order valence-electron chi connectivity index (χ3n) is 4.63. The van der Waals surface area contributed by atoms with Crippen molar-refractivity contribution in [1.82, 2.24) is 15.5 Å². The molecule has 1 aliphatic heterocycles. The van der Waals surface area contributed by atoms with Crippen LogP contribution in [0.1, 0.15) is 58.3 Å². The Morgan fingerprint density at radius 3 is 2.43 bits per heavy atom. The fraction of sp³-hybridized carbons (Fsp3) is 0.882. The maximum atomic E-state index is 12.0. The van der Waals surface area contributed by atoms with E-state index < -0.39 is 0 Å². The average molecular weight is 436 g/mol. The SMILES string of the molecule is CCNC(=NCCNC(=O)CC1CCCCC1)N1CCCC1.I. The molecule has 0 spiro atoms. The van der Waals surface area contributed by atoms with Crippen molar-refractivity contribution in [3.05, 3.63) is 0 Å². The number of hydrogen-bond donors (Lipinski definition) is 2. The van der Waals surface area contributed by atoms with Gasteiger partial charge >= 0.3 is 0 Å². The summed E-state index contributed by atoms with van der Waals surface area (Å²) >= 11 is 0. The first-order chi connectivity index (χ1) is 10.8. The normalized spacial score (nSPS) is 19.3. The van der Waals surface area contributed by atoms with Crippen molar-refractivity contribution in [2.45, 2.75) is 58.3 Å². The topological polar surface area (TPSA) is 56.7 Å². The molecule has 0 bridgehead atoms. The van der Waals surface area contributed by atoms with E-state index in [1.807, 2.05) is 0 Å². The van der Waals surface area contributed by atoms with E-state index in [1.54, 1.807) is 0 Å². The first-order valence-electron chi connectivity index (χ1n) is 9.09. The average Bonchev–Trinajstić information content (AvgIpc) is 3.05. The summed E-state index contributed by atoms with van der Waals surface area (Å²) in [5.74, 6) is 1.81. The van der Waals surface area contributed by atoms with Crippen molar-refractivity contribution in [2.24, 2.45) is 10.9 Å². The summed E-state index contributed by atoms with van der Waals surface area (Å²) in [5.41, 5.74) is 0. The molecule has 1 saturated carbocycles. The van der Waals surface area contributed by atoms with Gasteiger partial charge in [-0.15, -0.1) is 24.0 Å². The van der Waals surface area contributed by atoms with E-state index in [0.717, 1.165) is 25.6 Å². The lowest BCUT2D eigenvalue weighted by Crippen LogP contribution is -2.40. The van der Waals surface area contributed by atoms with Gasteiger partial charge < -0.3 is 15.5 Å². The zero-order valence-electron chi connectivity index (χ0n) is 14.5. The van der Waals surface area contributed by atoms with Gasteiger partial charge in [0.2, 0.25) is 5.91 Å². The summed E-state index contributed by atoms with van der Waals surface area (Å²) in [6.07, 6.45) is 9.60. The van der Waals surface area contributed by atoms with E-state index in [0.29, 0.717) is 25.4 Å². The van der Waals surface area contributed by atoms with Gasteiger partial charge in [-0.3, -0.25) is 9.79 Å². The van der Waals surface area contributed by atoms with Crippen LogP contribution in [-0.2, 0) is 4.79 Å². The molecule has 1 amide bonds. The Morgan fingerprint density at radius 2 is 1.78 bits per heavy atom. The fourth-order valence-electron chi connectivity index (χ4n) is 3.44. The van der Waals surface area contributed by atoms with Gasteiger partial charge in [0, 0.05) is 32.6 Å². The number of halogens is 1. The summed E-state index contributed by atoms with van der Waals surface area (Å²) in [5, 5.41) is 6.37. The molecule has 0 atom stereocenters. The maximum Gasteiger partial charge on any atom is 0.220 e. The highest BCUT2D eigenvalue weighted by molar-refractivity contribution is 14.0. The molecule has 0 aromatic carbocycles. The van der Waals surface area contributed by atoms with Gasteiger partial charge in [-0.2, -0.15) is 0 Å². The van der Waals surface area contributed by atoms with Gasteiger partial charge in [-0.25, -0.2) is 0 Å². The van der Waals surface area contributed by atoms with Crippen LogP contribution in [-0.4, -0.2) is 49.5 Å². The molecule has 0 radical (unpaired) electrons. The van der Waals surface area contributed by atoms with Crippen molar-refractivity contribution >= 4 is 35.8 Å². The Balaban J connectivity index is 0.00000264. The molecule has 0 aromatic rings. The first kappa shape index (κ1) is 20.5. The molecule has 1 heterocycles. The van der Waals surface area contributed by atoms with Crippen LogP contribution in [0.2, 0.25) is 0 Å². The Hall–Kier alpha value is -0.530. The predicted molar refractivity (Wildman–Crippen MR) is 106 cm³/mol. The van der Waals surface area contributed by atoms with Crippen LogP contribution in [0.15, 0.2) is 4.99 Å². The number of rotatable bonds is 6. The number of carbonyl (C=O) groups is 1. The Labute approximate surface area is 158 Å². The Kier molecular flexibility index (Phi) is 10.6. The van der Waals surface area contributed by atoms with E-state index in [4.69, 9.17) is 0 Å². The van der Waals surface area contributed by atoms with Crippen LogP contribution in [0, 0.1) is 5.92 Å². The minimum Gasteiger partial charge on any atom is -0.357 e. The van der Waals surface area contributed by atoms with Gasteiger partial charge in [0.25, 0.3) is 0 Å². The van der Waals surface area contributed by atoms with Gasteiger partial charge in [0.15, 0.2) is 5.96 Å². The molecule has 2 aliphatic rings. The Morgan fingerprint density at radius 1 is 1.09 bits per heavy atom. The van der Waals surface area contributed by atoms with E-state index in [1.165, 1.54) is 44.9 Å². The van der Waals surface area contributed by atoms with Gasteiger partial charge in [0.1, 0.15) is 0 Å². The van der Waals surface area contributed by atoms with E-state index in [9.17, 15) is 4.79 Å². The molecule has 6 heteroatoms. The van der Waals surface area contributed by atoms with E-state index >= 15 is 0 Å². The Bertz CT molecular complexity index is 364. The lowest BCUT2D eigenvalue weighted by Gasteiger charge is -2.21. The summed E-state index contributed by atoms with van der Waals surface area (Å²) in [6, 6.07) is 0. The molecule has 1 aliphatic carbocycles. The quantitative estimate of drug-likeness (QED) is 0.292. The standard InChI is InChI=1S/C17H32N4O.HI/c1-2-18-17(21-12-6-7-13-21)20-11-10-19-16(22)14-15-8-4-3-5-9-15;/h15H,2-14H2,1H3,(H,18,20)(H,19,22);1H. The summed E-state index contributed by atoms with van der Waals surface area (Å²) < 4.78 is 0. The third kappa shape index (κ3) is 7.72. The van der Waals surface area contributed by atoms with Crippen LogP contribution in [0.4, 0.5) is 0 Å². The van der Waals surface area contributed by atoms with Gasteiger partial charge in [-0.1, -0.05) is 19.3 Å². The van der Waals surface area contributed by atoms with Crippen LogP contribution < -0.4 is 10.6 Å². The van der Waals surface area contributed by atoms with Crippen molar-refractivity contribution in [1.29, 1.82) is 0 Å². The first-order valence-corrected chi connectivity index (χ1v) is 9.09. The van der Waals surface area contributed by atoms with Crippen molar-refractivity contribution < 1.29 is 4.79 Å². The number of hydrogen-bond acceptors (Lipinski definition) is 2. The molecule has 2 fully saturated rings. The zero-order valence-corrected chi connectivity index (χ0v) is 16.8. The predicted octanol–water partition coefficient (Wildman–Crippen LogP) is 2.75. The van der Waals surface area contributed by atoms with Crippen molar-refractivity contribution in [2.75, 3.05) is 32.7 Å². The maximum absolute atomic E-state index is 12.0. The molecule has 23 heavy (non-hydrogen) atoms. The number of guanidine groups is 1. The molecule has 2 N–H and O–H groups in total. The smallest absolute Gasteiger partial charge is 0.220 e. The molecular formula is C17H33IN4O. The number of amides is 1. The highest BCUT2D eigenvalue weighted by Crippen LogP contribution is 2.25. The second kappa shape index (κ2) is 11.9. The molecule has 2 rings (SSSR count). The second-order valence-corrected chi connectivity index (χ2v) is 6.49. The molecule has 0 aromatic heterocycles. The minimum absolute atomic E-state index is 0. The molecular weight excluding hydrogens is 403 g/mol. The van der Waals surface area contributed by atoms with Crippen molar-refractivity contribution in [3.8, 4) is 0 Å². The molecule has 134 valence electrons. The highest BCUT2D eigenvalue weighted by atomic mass is 127. The van der Waals surface area contributed by atoms with Crippen LogP contribution in [0.25, 0.3) is 0 Å². The van der Waals surface area contributed by atoms with E-state index in [2.05, 4.69) is 27.4 Å². The summed E-state index contributed by atoms with van der Waals surface area (Å²) in [4.78, 5) is 18.9. The van der Waals surface area contributed by atoms with Gasteiger partial charge in [-0.05, 0) is 38.5 Å². The number of aliphatic imine (C=N–C) groups is 1. The largest absolute Gasteiger partial charge is 0.357 e. The monoisotopic (exact) mass is 436 g/mol. The fourth-order valence-corrected chi connectivity index (χ4v) is 3.44. The zero-order chi connectivity index (χ0) is 15.6. The minimum atomic E-state index is 0. The number of likely N-dealkylation sites (tertiary alicyclic amines) is 1. The van der Waals surface area contributed by atoms with Crippen LogP contribution in [0.5, 0.6) is 0 Å². The lowest BCUT2D eigenvalue weighted by atomic mass is 9.87. The highest BCUT2D eigenvalue weighted by Gasteiger charge is 2.17. The number of carbonyl (C=O) groups excluding carboxylic acids is 1. The van der Waals surface area contributed by atoms with Gasteiger partial charge in [0.05, 0.1) is 6.54 Å².